The summed E-state index contributed by atoms with van der Waals surface area (Å²) in [6.07, 6.45) is 0.729. The van der Waals surface area contributed by atoms with Gasteiger partial charge in [0.05, 0.1) is 5.56 Å². The Morgan fingerprint density at radius 1 is 1.07 bits per heavy atom. The van der Waals surface area contributed by atoms with Gasteiger partial charge in [-0.15, -0.1) is 0 Å². The number of amides is 2. The van der Waals surface area contributed by atoms with Crippen molar-refractivity contribution in [3.63, 3.8) is 0 Å². The molecule has 2 rings (SSSR count). The van der Waals surface area contributed by atoms with Crippen LogP contribution in [-0.2, 0) is 4.74 Å². The van der Waals surface area contributed by atoms with Gasteiger partial charge >= 0.3 is 0 Å². The van der Waals surface area contributed by atoms with Crippen molar-refractivity contribution in [3.05, 3.63) is 58.6 Å². The van der Waals surface area contributed by atoms with Crippen molar-refractivity contribution in [3.8, 4) is 0 Å². The molecule has 0 bridgehead atoms. The van der Waals surface area contributed by atoms with Gasteiger partial charge in [0, 0.05) is 56.3 Å². The van der Waals surface area contributed by atoms with Crippen molar-refractivity contribution in [1.29, 1.82) is 0 Å². The molecule has 2 aromatic carbocycles. The Morgan fingerprint density at radius 3 is 2.41 bits per heavy atom. The number of hydrogen-bond donors (Lipinski definition) is 2. The SMILES string of the molecule is COCCCNC(=O)c1cc(NC(=O)c2ccc(Cl)cc2)ccc1N(C)C. The first-order chi connectivity index (χ1) is 12.9. The lowest BCUT2D eigenvalue weighted by molar-refractivity contribution is 0.0947. The first kappa shape index (κ1) is 20.7. The van der Waals surface area contributed by atoms with Crippen LogP contribution in [-0.4, -0.2) is 46.2 Å². The average molecular weight is 390 g/mol. The molecule has 0 aromatic heterocycles. The number of carbonyl (C=O) groups excluding carboxylic acids is 2. The number of halogens is 1. The summed E-state index contributed by atoms with van der Waals surface area (Å²) < 4.78 is 4.99. The zero-order valence-corrected chi connectivity index (χ0v) is 16.5. The minimum atomic E-state index is -0.268. The van der Waals surface area contributed by atoms with E-state index in [4.69, 9.17) is 16.3 Å². The molecular weight excluding hydrogens is 366 g/mol. The molecule has 6 nitrogen and oxygen atoms in total. The molecule has 144 valence electrons. The predicted octanol–water partition coefficient (Wildman–Crippen LogP) is 3.42. The van der Waals surface area contributed by atoms with Gasteiger partial charge in [0.2, 0.25) is 0 Å². The van der Waals surface area contributed by atoms with Crippen molar-refractivity contribution >= 4 is 34.8 Å². The second kappa shape index (κ2) is 9.94. The van der Waals surface area contributed by atoms with Crippen LogP contribution in [0.5, 0.6) is 0 Å². The molecule has 0 aliphatic rings. The molecule has 0 aliphatic heterocycles. The lowest BCUT2D eigenvalue weighted by atomic mass is 10.1. The highest BCUT2D eigenvalue weighted by atomic mass is 35.5. The van der Waals surface area contributed by atoms with Gasteiger partial charge in [0.25, 0.3) is 11.8 Å². The predicted molar refractivity (Wildman–Crippen MR) is 109 cm³/mol. The van der Waals surface area contributed by atoms with Crippen LogP contribution >= 0.6 is 11.6 Å². The monoisotopic (exact) mass is 389 g/mol. The summed E-state index contributed by atoms with van der Waals surface area (Å²) in [5.41, 5.74) is 2.29. The Morgan fingerprint density at radius 2 is 1.78 bits per heavy atom. The number of methoxy groups -OCH3 is 1. The highest BCUT2D eigenvalue weighted by Gasteiger charge is 2.15. The Hall–Kier alpha value is -2.57. The molecule has 0 radical (unpaired) electrons. The van der Waals surface area contributed by atoms with Crippen LogP contribution in [0.15, 0.2) is 42.5 Å². The maximum absolute atomic E-state index is 12.6. The quantitative estimate of drug-likeness (QED) is 0.678. The standard InChI is InChI=1S/C20H24ClN3O3/c1-24(2)18-10-9-16(13-17(18)20(26)22-11-4-12-27-3)23-19(25)14-5-7-15(21)8-6-14/h5-10,13H,4,11-12H2,1-3H3,(H,22,26)(H,23,25). The molecule has 0 saturated carbocycles. The fourth-order valence-corrected chi connectivity index (χ4v) is 2.63. The summed E-state index contributed by atoms with van der Waals surface area (Å²) in [6, 6.07) is 11.9. The van der Waals surface area contributed by atoms with E-state index < -0.39 is 0 Å². The van der Waals surface area contributed by atoms with E-state index in [2.05, 4.69) is 10.6 Å². The van der Waals surface area contributed by atoms with Crippen LogP contribution in [0.1, 0.15) is 27.1 Å². The molecule has 2 N–H and O–H groups in total. The van der Waals surface area contributed by atoms with Crippen LogP contribution in [0.4, 0.5) is 11.4 Å². The van der Waals surface area contributed by atoms with Gasteiger partial charge in [-0.25, -0.2) is 0 Å². The first-order valence-electron chi connectivity index (χ1n) is 8.58. The third-order valence-electron chi connectivity index (χ3n) is 3.90. The number of nitrogens with one attached hydrogen (secondary N) is 2. The van der Waals surface area contributed by atoms with Gasteiger partial charge < -0.3 is 20.3 Å². The number of benzene rings is 2. The van der Waals surface area contributed by atoms with E-state index in [1.807, 2.05) is 25.1 Å². The molecular formula is C20H24ClN3O3. The van der Waals surface area contributed by atoms with E-state index in [1.165, 1.54) is 0 Å². The van der Waals surface area contributed by atoms with Crippen molar-refractivity contribution in [2.24, 2.45) is 0 Å². The second-order valence-corrected chi connectivity index (χ2v) is 6.63. The molecule has 0 aliphatic carbocycles. The molecule has 0 saturated heterocycles. The van der Waals surface area contributed by atoms with Crippen LogP contribution in [0.25, 0.3) is 0 Å². The van der Waals surface area contributed by atoms with E-state index in [0.717, 1.165) is 12.1 Å². The van der Waals surface area contributed by atoms with Crippen molar-refractivity contribution in [1.82, 2.24) is 5.32 Å². The number of anilines is 2. The largest absolute Gasteiger partial charge is 0.385 e. The minimum Gasteiger partial charge on any atom is -0.385 e. The smallest absolute Gasteiger partial charge is 0.255 e. The molecule has 0 heterocycles. The highest BCUT2D eigenvalue weighted by molar-refractivity contribution is 6.30. The number of hydrogen-bond acceptors (Lipinski definition) is 4. The fraction of sp³-hybridized carbons (Fsp3) is 0.300. The summed E-state index contributed by atoms with van der Waals surface area (Å²) >= 11 is 5.85. The van der Waals surface area contributed by atoms with Gasteiger partial charge in [0.15, 0.2) is 0 Å². The topological polar surface area (TPSA) is 70.7 Å². The van der Waals surface area contributed by atoms with E-state index in [9.17, 15) is 9.59 Å². The molecule has 7 heteroatoms. The number of rotatable bonds is 8. The van der Waals surface area contributed by atoms with Crippen LogP contribution < -0.4 is 15.5 Å². The summed E-state index contributed by atoms with van der Waals surface area (Å²) in [5, 5.41) is 6.25. The molecule has 2 amide bonds. The average Bonchev–Trinajstić information content (AvgIpc) is 2.65. The maximum atomic E-state index is 12.6. The summed E-state index contributed by atoms with van der Waals surface area (Å²) in [5.74, 6) is -0.465. The third-order valence-corrected chi connectivity index (χ3v) is 4.15. The first-order valence-corrected chi connectivity index (χ1v) is 8.95. The Kier molecular flexibility index (Phi) is 7.64. The summed E-state index contributed by atoms with van der Waals surface area (Å²) in [7, 11) is 5.35. The molecule has 0 unspecified atom stereocenters. The fourth-order valence-electron chi connectivity index (χ4n) is 2.50. The van der Waals surface area contributed by atoms with E-state index in [-0.39, 0.29) is 11.8 Å². The molecule has 27 heavy (non-hydrogen) atoms. The lowest BCUT2D eigenvalue weighted by Crippen LogP contribution is -2.27. The van der Waals surface area contributed by atoms with Gasteiger partial charge in [-0.1, -0.05) is 11.6 Å². The van der Waals surface area contributed by atoms with E-state index in [1.54, 1.807) is 43.5 Å². The summed E-state index contributed by atoms with van der Waals surface area (Å²) in [6.45, 7) is 1.10. The second-order valence-electron chi connectivity index (χ2n) is 6.19. The third kappa shape index (κ3) is 5.98. The van der Waals surface area contributed by atoms with E-state index >= 15 is 0 Å². The normalized spacial score (nSPS) is 10.4. The van der Waals surface area contributed by atoms with Crippen molar-refractivity contribution in [2.45, 2.75) is 6.42 Å². The van der Waals surface area contributed by atoms with Gasteiger partial charge in [0.1, 0.15) is 0 Å². The van der Waals surface area contributed by atoms with E-state index in [0.29, 0.717) is 35.0 Å². The van der Waals surface area contributed by atoms with Crippen molar-refractivity contribution in [2.75, 3.05) is 44.6 Å². The Labute approximate surface area is 164 Å². The Balaban J connectivity index is 2.16. The minimum absolute atomic E-state index is 0.197. The van der Waals surface area contributed by atoms with Gasteiger partial charge in [-0.3, -0.25) is 9.59 Å². The summed E-state index contributed by atoms with van der Waals surface area (Å²) in [4.78, 5) is 26.8. The molecule has 2 aromatic rings. The molecule has 0 fully saturated rings. The van der Waals surface area contributed by atoms with Gasteiger partial charge in [-0.2, -0.15) is 0 Å². The lowest BCUT2D eigenvalue weighted by Gasteiger charge is -2.18. The Bertz CT molecular complexity index is 792. The molecule has 0 atom stereocenters. The number of nitrogens with zero attached hydrogens (tertiary/aromatic N) is 1. The zero-order valence-electron chi connectivity index (χ0n) is 15.7. The zero-order chi connectivity index (χ0) is 19.8. The number of ether oxygens (including phenoxy) is 1. The van der Waals surface area contributed by atoms with Crippen LogP contribution in [0, 0.1) is 0 Å². The number of carbonyl (C=O) groups is 2. The molecule has 0 spiro atoms. The van der Waals surface area contributed by atoms with Gasteiger partial charge in [-0.05, 0) is 48.9 Å². The maximum Gasteiger partial charge on any atom is 0.255 e. The van der Waals surface area contributed by atoms with Crippen molar-refractivity contribution < 1.29 is 14.3 Å². The van der Waals surface area contributed by atoms with Crippen LogP contribution in [0.2, 0.25) is 5.02 Å². The highest BCUT2D eigenvalue weighted by Crippen LogP contribution is 2.23. The van der Waals surface area contributed by atoms with Crippen LogP contribution in [0.3, 0.4) is 0 Å².